The highest BCUT2D eigenvalue weighted by Crippen LogP contribution is 2.36. The molecule has 206 valence electrons. The van der Waals surface area contributed by atoms with E-state index in [2.05, 4.69) is 15.3 Å². The molecule has 3 rings (SSSR count). The molecule has 0 aromatic carbocycles. The van der Waals surface area contributed by atoms with Crippen LogP contribution in [-0.2, 0) is 18.8 Å². The molecule has 1 aromatic heterocycles. The minimum Gasteiger partial charge on any atom is -0.444 e. The van der Waals surface area contributed by atoms with Crippen LogP contribution < -0.4 is 10.8 Å². The predicted molar refractivity (Wildman–Crippen MR) is 146 cm³/mol. The van der Waals surface area contributed by atoms with E-state index in [9.17, 15) is 9.59 Å². The molecule has 2 aliphatic rings. The van der Waals surface area contributed by atoms with E-state index in [1.807, 2.05) is 46.4 Å². The number of hydrogen-bond donors (Lipinski definition) is 1. The molecule has 2 saturated heterocycles. The van der Waals surface area contributed by atoms with Crippen molar-refractivity contribution >= 4 is 36.3 Å². The van der Waals surface area contributed by atoms with E-state index in [0.29, 0.717) is 17.5 Å². The maximum Gasteiger partial charge on any atom is 0.498 e. The van der Waals surface area contributed by atoms with Gasteiger partial charge in [0.25, 0.3) is 0 Å². The number of likely N-dealkylation sites (tertiary alicyclic amines) is 1. The molecule has 0 aliphatic carbocycles. The number of piperidine rings is 1. The Kier molecular flexibility index (Phi) is 9.23. The van der Waals surface area contributed by atoms with Crippen molar-refractivity contribution in [3.8, 4) is 0 Å². The number of nitrogens with one attached hydrogen (secondary N) is 1. The fraction of sp³-hybridized carbons (Fsp3) is 0.769. The van der Waals surface area contributed by atoms with Crippen molar-refractivity contribution in [1.29, 1.82) is 0 Å². The molecule has 2 unspecified atom stereocenters. The van der Waals surface area contributed by atoms with Gasteiger partial charge in [-0.3, -0.25) is 4.79 Å². The number of alkyl carbamates (subject to hydrolysis) is 1. The molecule has 1 N–H and O–H groups in total. The van der Waals surface area contributed by atoms with Gasteiger partial charge in [-0.25, -0.2) is 14.8 Å². The van der Waals surface area contributed by atoms with Crippen LogP contribution in [0.5, 0.6) is 0 Å². The van der Waals surface area contributed by atoms with Crippen LogP contribution >= 0.6 is 11.8 Å². The van der Waals surface area contributed by atoms with Crippen LogP contribution in [0.2, 0.25) is 0 Å². The van der Waals surface area contributed by atoms with Gasteiger partial charge in [-0.05, 0) is 73.6 Å². The second-order valence-electron chi connectivity index (χ2n) is 12.2. The zero-order valence-corrected chi connectivity index (χ0v) is 24.6. The first-order valence-electron chi connectivity index (χ1n) is 13.2. The maximum atomic E-state index is 13.5. The van der Waals surface area contributed by atoms with Crippen LogP contribution in [0.25, 0.3) is 0 Å². The number of hydrogen-bond acceptors (Lipinski definition) is 8. The van der Waals surface area contributed by atoms with E-state index >= 15 is 0 Å². The van der Waals surface area contributed by atoms with Gasteiger partial charge >= 0.3 is 13.2 Å². The largest absolute Gasteiger partial charge is 0.498 e. The Bertz CT molecular complexity index is 935. The topological polar surface area (TPSA) is 103 Å². The average molecular weight is 535 g/mol. The van der Waals surface area contributed by atoms with E-state index in [0.717, 1.165) is 24.7 Å². The molecule has 2 fully saturated rings. The van der Waals surface area contributed by atoms with Crippen molar-refractivity contribution in [2.45, 2.75) is 116 Å². The van der Waals surface area contributed by atoms with Gasteiger partial charge in [0.1, 0.15) is 11.6 Å². The molecule has 37 heavy (non-hydrogen) atoms. The molecule has 0 bridgehead atoms. The van der Waals surface area contributed by atoms with E-state index < -0.39 is 36.1 Å². The van der Waals surface area contributed by atoms with Crippen molar-refractivity contribution in [3.05, 3.63) is 12.4 Å². The fourth-order valence-electron chi connectivity index (χ4n) is 4.26. The number of amides is 2. The monoisotopic (exact) mass is 534 g/mol. The Morgan fingerprint density at radius 2 is 1.76 bits per heavy atom. The molecule has 1 aromatic rings. The summed E-state index contributed by atoms with van der Waals surface area (Å²) >= 11 is 1.53. The molecule has 0 radical (unpaired) electrons. The van der Waals surface area contributed by atoms with E-state index in [1.165, 1.54) is 11.8 Å². The third kappa shape index (κ3) is 7.60. The summed E-state index contributed by atoms with van der Waals surface area (Å²) < 4.78 is 17.6. The van der Waals surface area contributed by atoms with E-state index in [-0.39, 0.29) is 17.9 Å². The molecule has 0 saturated carbocycles. The van der Waals surface area contributed by atoms with Gasteiger partial charge in [-0.15, -0.1) is 0 Å². The third-order valence-corrected chi connectivity index (χ3v) is 8.11. The van der Waals surface area contributed by atoms with Crippen LogP contribution in [0.3, 0.4) is 0 Å². The highest BCUT2D eigenvalue weighted by molar-refractivity contribution is 7.99. The van der Waals surface area contributed by atoms with Gasteiger partial charge in [-0.2, -0.15) is 0 Å². The highest BCUT2D eigenvalue weighted by Gasteiger charge is 2.52. The Morgan fingerprint density at radius 3 is 2.30 bits per heavy atom. The lowest BCUT2D eigenvalue weighted by Crippen LogP contribution is -2.56. The molecule has 2 atom stereocenters. The van der Waals surface area contributed by atoms with Crippen LogP contribution in [0.15, 0.2) is 17.6 Å². The van der Waals surface area contributed by atoms with Crippen molar-refractivity contribution in [1.82, 2.24) is 20.2 Å². The number of ether oxygens (including phenoxy) is 1. The van der Waals surface area contributed by atoms with Crippen LogP contribution in [0.1, 0.15) is 81.6 Å². The summed E-state index contributed by atoms with van der Waals surface area (Å²) in [6.07, 6.45) is 5.84. The van der Waals surface area contributed by atoms with Crippen LogP contribution in [0, 0.1) is 5.92 Å². The summed E-state index contributed by atoms with van der Waals surface area (Å²) in [6, 6.07) is -0.602. The molecule has 2 amide bonds. The maximum absolute atomic E-state index is 13.5. The lowest BCUT2D eigenvalue weighted by molar-refractivity contribution is -0.137. The Balaban J connectivity index is 1.62. The minimum atomic E-state index is -0.643. The Morgan fingerprint density at radius 1 is 1.16 bits per heavy atom. The quantitative estimate of drug-likeness (QED) is 0.320. The highest BCUT2D eigenvalue weighted by atomic mass is 32.2. The van der Waals surface area contributed by atoms with Gasteiger partial charge in [-0.1, -0.05) is 25.6 Å². The lowest BCUT2D eigenvalue weighted by Gasteiger charge is -2.38. The van der Waals surface area contributed by atoms with Gasteiger partial charge in [0.15, 0.2) is 5.16 Å². The molecule has 3 heterocycles. The van der Waals surface area contributed by atoms with Crippen LogP contribution in [0.4, 0.5) is 4.79 Å². The number of nitrogens with zero attached hydrogens (tertiary/aromatic N) is 3. The zero-order chi connectivity index (χ0) is 27.6. The van der Waals surface area contributed by atoms with E-state index in [4.69, 9.17) is 14.0 Å². The summed E-state index contributed by atoms with van der Waals surface area (Å²) in [7, 11) is -0.499. The molecular weight excluding hydrogens is 491 g/mol. The SMILES string of the molecule is CC(C)C(NC(=O)OC(C)(C)C)C(=O)N1CCCCC1CSc1ncc(B2OC(C)(C)C(C)(C)O2)cn1. The average Bonchev–Trinajstić information content (AvgIpc) is 3.01. The second-order valence-corrected chi connectivity index (χ2v) is 13.2. The smallest absolute Gasteiger partial charge is 0.444 e. The van der Waals surface area contributed by atoms with Crippen molar-refractivity contribution in [2.24, 2.45) is 5.92 Å². The number of carbonyl (C=O) groups excluding carboxylic acids is 2. The van der Waals surface area contributed by atoms with Crippen molar-refractivity contribution in [3.63, 3.8) is 0 Å². The minimum absolute atomic E-state index is 0.0410. The Hall–Kier alpha value is -1.85. The first-order valence-corrected chi connectivity index (χ1v) is 14.2. The Labute approximate surface area is 226 Å². The summed E-state index contributed by atoms with van der Waals surface area (Å²) in [5, 5.41) is 3.45. The first-order chi connectivity index (χ1) is 17.1. The van der Waals surface area contributed by atoms with E-state index in [1.54, 1.807) is 33.2 Å². The van der Waals surface area contributed by atoms with Gasteiger partial charge in [0.2, 0.25) is 5.91 Å². The zero-order valence-electron chi connectivity index (χ0n) is 23.8. The molecular formula is C26H43BN4O5S. The summed E-state index contributed by atoms with van der Waals surface area (Å²) in [4.78, 5) is 36.9. The summed E-state index contributed by atoms with van der Waals surface area (Å²) in [5.41, 5.74) is -0.690. The third-order valence-electron chi connectivity index (χ3n) is 7.09. The van der Waals surface area contributed by atoms with Gasteiger partial charge < -0.3 is 24.3 Å². The fourth-order valence-corrected chi connectivity index (χ4v) is 5.21. The number of aromatic nitrogens is 2. The molecule has 0 spiro atoms. The first kappa shape index (κ1) is 29.7. The number of rotatable bonds is 7. The van der Waals surface area contributed by atoms with Crippen molar-refractivity contribution in [2.75, 3.05) is 12.3 Å². The summed E-state index contributed by atoms with van der Waals surface area (Å²) in [6.45, 7) is 18.0. The molecule has 2 aliphatic heterocycles. The number of thioether (sulfide) groups is 1. The predicted octanol–water partition coefficient (Wildman–Crippen LogP) is 3.80. The number of carbonyl (C=O) groups is 2. The van der Waals surface area contributed by atoms with Crippen molar-refractivity contribution < 1.29 is 23.6 Å². The molecule has 11 heteroatoms. The second kappa shape index (κ2) is 11.5. The molecule has 9 nitrogen and oxygen atoms in total. The normalized spacial score (nSPS) is 22.2. The van der Waals surface area contributed by atoms with Gasteiger partial charge in [0.05, 0.1) is 11.2 Å². The summed E-state index contributed by atoms with van der Waals surface area (Å²) in [5.74, 6) is 0.544. The van der Waals surface area contributed by atoms with Crippen LogP contribution in [-0.4, -0.2) is 75.2 Å². The van der Waals surface area contributed by atoms with Gasteiger partial charge in [0, 0.05) is 36.2 Å². The lowest BCUT2D eigenvalue weighted by atomic mass is 9.81. The standard InChI is InChI=1S/C26H43BN4O5S/c1-17(2)20(30-23(33)34-24(3,4)5)21(32)31-13-11-10-12-19(31)16-37-22-28-14-18(15-29-22)27-35-25(6,7)26(8,9)36-27/h14-15,17,19-20H,10-13,16H2,1-9H3,(H,30,33).